The fraction of sp³-hybridized carbons (Fsp3) is 0.381. The molecule has 0 heterocycles. The molecule has 0 spiro atoms. The van der Waals surface area contributed by atoms with Gasteiger partial charge in [0.25, 0.3) is 0 Å². The number of amides is 1. The largest absolute Gasteiger partial charge is 0.494 e. The van der Waals surface area contributed by atoms with E-state index in [-0.39, 0.29) is 0 Å². The van der Waals surface area contributed by atoms with Gasteiger partial charge in [0.15, 0.2) is 0 Å². The van der Waals surface area contributed by atoms with Gasteiger partial charge in [-0.3, -0.25) is 4.79 Å². The summed E-state index contributed by atoms with van der Waals surface area (Å²) in [6.07, 6.45) is 4.90. The number of rotatable bonds is 9. The summed E-state index contributed by atoms with van der Waals surface area (Å²) in [7, 11) is 0. The van der Waals surface area contributed by atoms with Gasteiger partial charge in [0, 0.05) is 5.56 Å². The number of hydrogen-bond donors (Lipinski definition) is 1. The highest BCUT2D eigenvalue weighted by Gasteiger charge is 2.02. The minimum Gasteiger partial charge on any atom is -0.494 e. The van der Waals surface area contributed by atoms with Crippen LogP contribution in [0.4, 0.5) is 0 Å². The van der Waals surface area contributed by atoms with E-state index in [2.05, 4.69) is 13.8 Å². The van der Waals surface area contributed by atoms with Crippen LogP contribution < -0.4 is 10.5 Å². The Labute approximate surface area is 144 Å². The standard InChI is InChI=1S/C21H27NO2/c1-16(2)6-4-3-5-15-24-20-13-11-18(12-14-20)17-7-9-19(10-8-17)21(22)23/h7-14,16H,3-6,15H2,1-2H3,(H2,22,23). The second-order valence-corrected chi connectivity index (χ2v) is 6.56. The van der Waals surface area contributed by atoms with Crippen LogP contribution in [-0.4, -0.2) is 12.5 Å². The minimum absolute atomic E-state index is 0.404. The summed E-state index contributed by atoms with van der Waals surface area (Å²) in [5.74, 6) is 1.28. The number of benzene rings is 2. The van der Waals surface area contributed by atoms with Crippen molar-refractivity contribution in [3.8, 4) is 16.9 Å². The molecule has 3 heteroatoms. The second-order valence-electron chi connectivity index (χ2n) is 6.56. The molecule has 0 atom stereocenters. The zero-order valence-corrected chi connectivity index (χ0v) is 14.6. The third-order valence-corrected chi connectivity index (χ3v) is 4.05. The molecule has 0 saturated carbocycles. The van der Waals surface area contributed by atoms with Crippen molar-refractivity contribution in [1.82, 2.24) is 0 Å². The van der Waals surface area contributed by atoms with Gasteiger partial charge in [-0.2, -0.15) is 0 Å². The Bertz CT molecular complexity index is 630. The van der Waals surface area contributed by atoms with E-state index in [4.69, 9.17) is 10.5 Å². The first kappa shape index (κ1) is 18.1. The topological polar surface area (TPSA) is 52.3 Å². The van der Waals surface area contributed by atoms with Crippen molar-refractivity contribution in [2.45, 2.75) is 39.5 Å². The van der Waals surface area contributed by atoms with Crippen molar-refractivity contribution in [2.24, 2.45) is 11.7 Å². The molecule has 2 aromatic carbocycles. The molecule has 0 unspecified atom stereocenters. The van der Waals surface area contributed by atoms with E-state index in [9.17, 15) is 4.79 Å². The van der Waals surface area contributed by atoms with Crippen molar-refractivity contribution in [3.05, 3.63) is 54.1 Å². The molecule has 0 radical (unpaired) electrons. The maximum absolute atomic E-state index is 11.1. The predicted molar refractivity (Wildman–Crippen MR) is 99.2 cm³/mol. The number of hydrogen-bond acceptors (Lipinski definition) is 2. The van der Waals surface area contributed by atoms with Crippen LogP contribution in [0.25, 0.3) is 11.1 Å². The Morgan fingerprint density at radius 2 is 1.50 bits per heavy atom. The number of carbonyl (C=O) groups excluding carboxylic acids is 1. The average molecular weight is 325 g/mol. The third-order valence-electron chi connectivity index (χ3n) is 4.05. The molecule has 0 saturated heterocycles. The van der Waals surface area contributed by atoms with Crippen molar-refractivity contribution >= 4 is 5.91 Å². The lowest BCUT2D eigenvalue weighted by Crippen LogP contribution is -2.10. The van der Waals surface area contributed by atoms with E-state index >= 15 is 0 Å². The Balaban J connectivity index is 1.81. The second kappa shape index (κ2) is 9.11. The van der Waals surface area contributed by atoms with Gasteiger partial charge in [-0.1, -0.05) is 57.4 Å². The van der Waals surface area contributed by atoms with Gasteiger partial charge < -0.3 is 10.5 Å². The molecule has 2 rings (SSSR count). The Morgan fingerprint density at radius 3 is 2.04 bits per heavy atom. The van der Waals surface area contributed by atoms with Gasteiger partial charge >= 0.3 is 0 Å². The van der Waals surface area contributed by atoms with Gasteiger partial charge in [-0.25, -0.2) is 0 Å². The van der Waals surface area contributed by atoms with Crippen LogP contribution in [0.15, 0.2) is 48.5 Å². The van der Waals surface area contributed by atoms with E-state index in [0.29, 0.717) is 5.56 Å². The van der Waals surface area contributed by atoms with Crippen LogP contribution in [0.5, 0.6) is 5.75 Å². The van der Waals surface area contributed by atoms with Gasteiger partial charge in [-0.15, -0.1) is 0 Å². The van der Waals surface area contributed by atoms with Crippen LogP contribution in [0.2, 0.25) is 0 Å². The Morgan fingerprint density at radius 1 is 0.917 bits per heavy atom. The summed E-state index contributed by atoms with van der Waals surface area (Å²) in [5.41, 5.74) is 7.93. The molecule has 0 aliphatic heterocycles. The van der Waals surface area contributed by atoms with E-state index in [0.717, 1.165) is 35.8 Å². The van der Waals surface area contributed by atoms with E-state index in [1.54, 1.807) is 12.1 Å². The predicted octanol–water partition coefficient (Wildman–Crippen LogP) is 5.05. The summed E-state index contributed by atoms with van der Waals surface area (Å²) in [4.78, 5) is 11.1. The number of nitrogens with two attached hydrogens (primary N) is 1. The molecule has 3 nitrogen and oxygen atoms in total. The molecule has 24 heavy (non-hydrogen) atoms. The molecule has 128 valence electrons. The third kappa shape index (κ3) is 5.73. The van der Waals surface area contributed by atoms with Crippen molar-refractivity contribution in [1.29, 1.82) is 0 Å². The molecule has 2 aromatic rings. The summed E-state index contributed by atoms with van der Waals surface area (Å²) in [5, 5.41) is 0. The molecule has 0 aromatic heterocycles. The average Bonchev–Trinajstić information content (AvgIpc) is 2.58. The molecule has 0 fully saturated rings. The zero-order chi connectivity index (χ0) is 17.4. The van der Waals surface area contributed by atoms with Crippen molar-refractivity contribution in [3.63, 3.8) is 0 Å². The number of primary amides is 1. The Hall–Kier alpha value is -2.29. The van der Waals surface area contributed by atoms with Crippen LogP contribution in [-0.2, 0) is 0 Å². The van der Waals surface area contributed by atoms with Gasteiger partial charge in [0.1, 0.15) is 5.75 Å². The highest BCUT2D eigenvalue weighted by molar-refractivity contribution is 5.93. The van der Waals surface area contributed by atoms with E-state index in [1.165, 1.54) is 19.3 Å². The minimum atomic E-state index is -0.404. The van der Waals surface area contributed by atoms with Crippen LogP contribution in [0, 0.1) is 5.92 Å². The maximum atomic E-state index is 11.1. The summed E-state index contributed by atoms with van der Waals surface area (Å²) < 4.78 is 5.79. The number of ether oxygens (including phenoxy) is 1. The summed E-state index contributed by atoms with van der Waals surface area (Å²) >= 11 is 0. The summed E-state index contributed by atoms with van der Waals surface area (Å²) in [6.45, 7) is 5.30. The SMILES string of the molecule is CC(C)CCCCCOc1ccc(-c2ccc(C(N)=O)cc2)cc1. The lowest BCUT2D eigenvalue weighted by molar-refractivity contribution is 0.100. The molecule has 2 N–H and O–H groups in total. The van der Waals surface area contributed by atoms with Gasteiger partial charge in [0.05, 0.1) is 6.61 Å². The molecular weight excluding hydrogens is 298 g/mol. The molecule has 0 bridgehead atoms. The quantitative estimate of drug-likeness (QED) is 0.656. The lowest BCUT2D eigenvalue weighted by atomic mass is 10.0. The fourth-order valence-corrected chi connectivity index (χ4v) is 2.59. The smallest absolute Gasteiger partial charge is 0.248 e. The van der Waals surface area contributed by atoms with Crippen molar-refractivity contribution in [2.75, 3.05) is 6.61 Å². The molecule has 0 aliphatic rings. The number of unbranched alkanes of at least 4 members (excludes halogenated alkanes) is 2. The van der Waals surface area contributed by atoms with Gasteiger partial charge in [-0.05, 0) is 47.7 Å². The van der Waals surface area contributed by atoms with Crippen LogP contribution >= 0.6 is 0 Å². The first-order valence-electron chi connectivity index (χ1n) is 8.69. The normalized spacial score (nSPS) is 10.8. The van der Waals surface area contributed by atoms with Crippen LogP contribution in [0.3, 0.4) is 0 Å². The first-order valence-corrected chi connectivity index (χ1v) is 8.69. The van der Waals surface area contributed by atoms with E-state index < -0.39 is 5.91 Å². The first-order chi connectivity index (χ1) is 11.6. The highest BCUT2D eigenvalue weighted by Crippen LogP contribution is 2.23. The maximum Gasteiger partial charge on any atom is 0.248 e. The monoisotopic (exact) mass is 325 g/mol. The Kier molecular flexibility index (Phi) is 6.86. The highest BCUT2D eigenvalue weighted by atomic mass is 16.5. The zero-order valence-electron chi connectivity index (χ0n) is 14.6. The lowest BCUT2D eigenvalue weighted by Gasteiger charge is -2.08. The van der Waals surface area contributed by atoms with E-state index in [1.807, 2.05) is 36.4 Å². The molecular formula is C21H27NO2. The molecule has 0 aliphatic carbocycles. The summed E-state index contributed by atoms with van der Waals surface area (Å²) in [6, 6.07) is 15.4. The fourth-order valence-electron chi connectivity index (χ4n) is 2.59. The molecule has 1 amide bonds. The van der Waals surface area contributed by atoms with Crippen LogP contribution in [0.1, 0.15) is 49.9 Å². The van der Waals surface area contributed by atoms with Gasteiger partial charge in [0.2, 0.25) is 5.91 Å². The number of carbonyl (C=O) groups is 1. The van der Waals surface area contributed by atoms with Crippen molar-refractivity contribution < 1.29 is 9.53 Å².